The summed E-state index contributed by atoms with van der Waals surface area (Å²) in [5.41, 5.74) is 6.06. The van der Waals surface area contributed by atoms with Gasteiger partial charge in [-0.15, -0.1) is 0 Å². The Morgan fingerprint density at radius 2 is 1.76 bits per heavy atom. The van der Waals surface area contributed by atoms with Crippen molar-refractivity contribution >= 4 is 22.5 Å². The second-order valence-corrected chi connectivity index (χ2v) is 9.84. The Morgan fingerprint density at radius 3 is 2.48 bits per heavy atom. The fourth-order valence-corrected chi connectivity index (χ4v) is 5.59. The summed E-state index contributed by atoms with van der Waals surface area (Å²) in [4.78, 5) is 12.3. The first-order valence-corrected chi connectivity index (χ1v) is 12.7. The van der Waals surface area contributed by atoms with E-state index >= 15 is 0 Å². The Morgan fingerprint density at radius 1 is 1.00 bits per heavy atom. The Hall–Kier alpha value is -2.56. The highest BCUT2D eigenvalue weighted by Crippen LogP contribution is 2.44. The molecule has 1 aliphatic heterocycles. The number of benzene rings is 2. The minimum Gasteiger partial charge on any atom is -0.357 e. The lowest BCUT2D eigenvalue weighted by Crippen LogP contribution is -2.49. The summed E-state index contributed by atoms with van der Waals surface area (Å²) in [6.45, 7) is 4.55. The standard InChI is InChI=1S/C28H33ClN4/c1-3-5-14-28(15-6-4-2)26-22(21-16-20(29)12-13-23(21)31-26)17-24(33-28)27-30-18-25(32-27)19-10-8-7-9-11-19/h7-13,16,18,24,31,33H,3-6,14-15,17H2,1-2H3,(H,30,32)/t24-/m1/s1. The van der Waals surface area contributed by atoms with Crippen LogP contribution >= 0.6 is 11.6 Å². The number of hydrogen-bond donors (Lipinski definition) is 3. The summed E-state index contributed by atoms with van der Waals surface area (Å²) in [5, 5.41) is 6.13. The largest absolute Gasteiger partial charge is 0.357 e. The molecule has 0 bridgehead atoms. The summed E-state index contributed by atoms with van der Waals surface area (Å²) < 4.78 is 0. The summed E-state index contributed by atoms with van der Waals surface area (Å²) in [7, 11) is 0. The molecule has 33 heavy (non-hydrogen) atoms. The minimum atomic E-state index is -0.0878. The number of fused-ring (bicyclic) bond motifs is 3. The predicted molar refractivity (Wildman–Crippen MR) is 138 cm³/mol. The van der Waals surface area contributed by atoms with Crippen molar-refractivity contribution in [2.24, 2.45) is 0 Å². The van der Waals surface area contributed by atoms with E-state index < -0.39 is 0 Å². The molecule has 3 heterocycles. The Kier molecular flexibility index (Phi) is 6.31. The second kappa shape index (κ2) is 9.36. The van der Waals surface area contributed by atoms with Crippen molar-refractivity contribution in [3.05, 3.63) is 76.8 Å². The van der Waals surface area contributed by atoms with E-state index in [0.29, 0.717) is 0 Å². The van der Waals surface area contributed by atoms with Crippen LogP contribution in [0, 0.1) is 0 Å². The van der Waals surface area contributed by atoms with Gasteiger partial charge in [0.05, 0.1) is 23.5 Å². The van der Waals surface area contributed by atoms with Gasteiger partial charge in [0.2, 0.25) is 0 Å². The Balaban J connectivity index is 1.60. The predicted octanol–water partition coefficient (Wildman–Crippen LogP) is 7.67. The highest BCUT2D eigenvalue weighted by Gasteiger charge is 2.42. The number of imidazole rings is 1. The molecule has 0 aliphatic carbocycles. The van der Waals surface area contributed by atoms with E-state index in [-0.39, 0.29) is 11.6 Å². The molecule has 0 amide bonds. The van der Waals surface area contributed by atoms with Crippen molar-refractivity contribution in [2.75, 3.05) is 0 Å². The van der Waals surface area contributed by atoms with Gasteiger partial charge in [0.15, 0.2) is 0 Å². The molecule has 172 valence electrons. The van der Waals surface area contributed by atoms with Gasteiger partial charge >= 0.3 is 0 Å². The second-order valence-electron chi connectivity index (χ2n) is 9.41. The molecular weight excluding hydrogens is 428 g/mol. The van der Waals surface area contributed by atoms with E-state index in [1.54, 1.807) is 0 Å². The van der Waals surface area contributed by atoms with E-state index in [9.17, 15) is 0 Å². The van der Waals surface area contributed by atoms with Gasteiger partial charge in [-0.3, -0.25) is 5.32 Å². The van der Waals surface area contributed by atoms with E-state index in [4.69, 9.17) is 16.6 Å². The topological polar surface area (TPSA) is 56.5 Å². The number of nitrogens with one attached hydrogen (secondary N) is 3. The zero-order valence-corrected chi connectivity index (χ0v) is 20.3. The monoisotopic (exact) mass is 460 g/mol. The van der Waals surface area contributed by atoms with E-state index in [2.05, 4.69) is 65.5 Å². The van der Waals surface area contributed by atoms with Crippen molar-refractivity contribution in [1.82, 2.24) is 20.3 Å². The van der Waals surface area contributed by atoms with Crippen LogP contribution in [0.5, 0.6) is 0 Å². The normalized spacial score (nSPS) is 17.4. The van der Waals surface area contributed by atoms with Crippen LogP contribution in [-0.4, -0.2) is 15.0 Å². The van der Waals surface area contributed by atoms with Crippen molar-refractivity contribution in [1.29, 1.82) is 0 Å². The molecule has 5 rings (SSSR count). The highest BCUT2D eigenvalue weighted by molar-refractivity contribution is 6.31. The quantitative estimate of drug-likeness (QED) is 0.252. The van der Waals surface area contributed by atoms with Crippen LogP contribution < -0.4 is 5.32 Å². The average Bonchev–Trinajstić information content (AvgIpc) is 3.48. The highest BCUT2D eigenvalue weighted by atomic mass is 35.5. The number of H-pyrrole nitrogens is 2. The summed E-state index contributed by atoms with van der Waals surface area (Å²) in [6.07, 6.45) is 9.81. The van der Waals surface area contributed by atoms with Gasteiger partial charge in [-0.25, -0.2) is 4.98 Å². The van der Waals surface area contributed by atoms with Crippen LogP contribution in [0.1, 0.15) is 75.5 Å². The average molecular weight is 461 g/mol. The summed E-state index contributed by atoms with van der Waals surface area (Å²) in [6, 6.07) is 16.8. The SMILES string of the molecule is CCCCC1(CCCC)N[C@@H](c2ncc(-c3ccccc3)[nH]2)Cc2c1[nH]c1ccc(Cl)cc21. The molecule has 2 aromatic heterocycles. The van der Waals surface area contributed by atoms with Gasteiger partial charge < -0.3 is 9.97 Å². The number of hydrogen-bond acceptors (Lipinski definition) is 2. The van der Waals surface area contributed by atoms with Gasteiger partial charge in [-0.1, -0.05) is 81.5 Å². The molecular formula is C28H33ClN4. The fraction of sp³-hybridized carbons (Fsp3) is 0.393. The van der Waals surface area contributed by atoms with E-state index in [0.717, 1.165) is 41.4 Å². The zero-order valence-electron chi connectivity index (χ0n) is 19.5. The van der Waals surface area contributed by atoms with Gasteiger partial charge in [0, 0.05) is 21.6 Å². The van der Waals surface area contributed by atoms with Crippen molar-refractivity contribution in [3.63, 3.8) is 0 Å². The number of aromatic nitrogens is 3. The van der Waals surface area contributed by atoms with E-state index in [1.807, 2.05) is 18.3 Å². The molecule has 5 heteroatoms. The van der Waals surface area contributed by atoms with Crippen LogP contribution in [0.3, 0.4) is 0 Å². The van der Waals surface area contributed by atoms with Gasteiger partial charge in [-0.2, -0.15) is 0 Å². The summed E-state index contributed by atoms with van der Waals surface area (Å²) >= 11 is 6.43. The minimum absolute atomic E-state index is 0.0878. The first kappa shape index (κ1) is 22.2. The van der Waals surface area contributed by atoms with Crippen molar-refractivity contribution in [2.45, 2.75) is 70.4 Å². The maximum absolute atomic E-state index is 6.43. The Bertz CT molecular complexity index is 1220. The van der Waals surface area contributed by atoms with Crippen LogP contribution in [0.4, 0.5) is 0 Å². The summed E-state index contributed by atoms with van der Waals surface area (Å²) in [5.74, 6) is 1.01. The Labute approximate surface area is 201 Å². The molecule has 1 aliphatic rings. The molecule has 0 fully saturated rings. The first-order valence-electron chi connectivity index (χ1n) is 12.3. The van der Waals surface area contributed by atoms with Gasteiger partial charge in [-0.05, 0) is 48.6 Å². The number of rotatable bonds is 8. The molecule has 0 radical (unpaired) electrons. The molecule has 0 saturated heterocycles. The first-order chi connectivity index (χ1) is 16.1. The zero-order chi connectivity index (χ0) is 22.8. The number of nitrogens with zero attached hydrogens (tertiary/aromatic N) is 1. The molecule has 1 atom stereocenters. The molecule has 4 nitrogen and oxygen atoms in total. The van der Waals surface area contributed by atoms with Crippen LogP contribution in [0.2, 0.25) is 5.02 Å². The van der Waals surface area contributed by atoms with Crippen LogP contribution in [0.25, 0.3) is 22.2 Å². The van der Waals surface area contributed by atoms with Crippen molar-refractivity contribution < 1.29 is 0 Å². The number of aromatic amines is 2. The smallest absolute Gasteiger partial charge is 0.124 e. The third-order valence-corrected chi connectivity index (χ3v) is 7.37. The molecule has 2 aromatic carbocycles. The number of unbranched alkanes of at least 4 members (excludes halogenated alkanes) is 2. The maximum atomic E-state index is 6.43. The van der Waals surface area contributed by atoms with Gasteiger partial charge in [0.1, 0.15) is 5.82 Å². The van der Waals surface area contributed by atoms with E-state index in [1.165, 1.54) is 47.8 Å². The molecule has 3 N–H and O–H groups in total. The van der Waals surface area contributed by atoms with Crippen LogP contribution in [-0.2, 0) is 12.0 Å². The molecule has 0 spiro atoms. The lowest BCUT2D eigenvalue weighted by Gasteiger charge is -2.42. The van der Waals surface area contributed by atoms with Crippen molar-refractivity contribution in [3.8, 4) is 11.3 Å². The maximum Gasteiger partial charge on any atom is 0.124 e. The fourth-order valence-electron chi connectivity index (χ4n) is 5.42. The molecule has 4 aromatic rings. The lowest BCUT2D eigenvalue weighted by molar-refractivity contribution is 0.211. The number of halogens is 1. The van der Waals surface area contributed by atoms with Crippen LogP contribution in [0.15, 0.2) is 54.7 Å². The molecule has 0 saturated carbocycles. The third-order valence-electron chi connectivity index (χ3n) is 7.13. The lowest BCUT2D eigenvalue weighted by atomic mass is 9.77. The molecule has 0 unspecified atom stereocenters. The third kappa shape index (κ3) is 4.22. The van der Waals surface area contributed by atoms with Gasteiger partial charge in [0.25, 0.3) is 0 Å².